The van der Waals surface area contributed by atoms with Gasteiger partial charge in [-0.3, -0.25) is 4.90 Å². The van der Waals surface area contributed by atoms with Gasteiger partial charge in [0.2, 0.25) is 0 Å². The van der Waals surface area contributed by atoms with Gasteiger partial charge in [0.25, 0.3) is 0 Å². The van der Waals surface area contributed by atoms with Crippen molar-refractivity contribution in [3.63, 3.8) is 0 Å². The van der Waals surface area contributed by atoms with Crippen LogP contribution < -0.4 is 4.90 Å². The number of anilines is 1. The van der Waals surface area contributed by atoms with Gasteiger partial charge in [-0.2, -0.15) is 0 Å². The van der Waals surface area contributed by atoms with Crippen LogP contribution in [-0.4, -0.2) is 42.3 Å². The van der Waals surface area contributed by atoms with Crippen molar-refractivity contribution < 1.29 is 5.11 Å². The maximum absolute atomic E-state index is 9.59. The summed E-state index contributed by atoms with van der Waals surface area (Å²) in [6.07, 6.45) is 0.876. The van der Waals surface area contributed by atoms with Crippen LogP contribution in [0.15, 0.2) is 18.2 Å². The molecule has 3 heteroatoms. The first-order chi connectivity index (χ1) is 8.97. The predicted molar refractivity (Wildman–Crippen MR) is 80.6 cm³/mol. The van der Waals surface area contributed by atoms with Crippen molar-refractivity contribution in [3.8, 4) is 0 Å². The van der Waals surface area contributed by atoms with Gasteiger partial charge in [-0.25, -0.2) is 0 Å². The second-order valence-corrected chi connectivity index (χ2v) is 6.01. The first kappa shape index (κ1) is 14.4. The van der Waals surface area contributed by atoms with Crippen LogP contribution in [0.5, 0.6) is 0 Å². The maximum atomic E-state index is 9.59. The highest BCUT2D eigenvalue weighted by Crippen LogP contribution is 2.27. The van der Waals surface area contributed by atoms with Gasteiger partial charge in [0.15, 0.2) is 0 Å². The van der Waals surface area contributed by atoms with Crippen molar-refractivity contribution in [3.05, 3.63) is 29.3 Å². The number of hydrogen-bond acceptors (Lipinski definition) is 3. The summed E-state index contributed by atoms with van der Waals surface area (Å²) in [5.74, 6) is 0. The number of benzene rings is 1. The monoisotopic (exact) mass is 262 g/mol. The fourth-order valence-electron chi connectivity index (χ4n) is 2.75. The Kier molecular flexibility index (Phi) is 4.48. The molecule has 0 aromatic heterocycles. The van der Waals surface area contributed by atoms with Crippen molar-refractivity contribution in [2.75, 3.05) is 25.0 Å². The number of hydrogen-bond donors (Lipinski definition) is 1. The summed E-state index contributed by atoms with van der Waals surface area (Å²) in [6, 6.07) is 7.23. The molecule has 1 atom stereocenters. The zero-order valence-electron chi connectivity index (χ0n) is 12.6. The largest absolute Gasteiger partial charge is 0.392 e. The van der Waals surface area contributed by atoms with E-state index in [0.29, 0.717) is 6.04 Å². The Hall–Kier alpha value is -1.06. The van der Waals surface area contributed by atoms with E-state index in [2.05, 4.69) is 48.9 Å². The minimum absolute atomic E-state index is 0.275. The number of likely N-dealkylation sites (N-methyl/N-ethyl adjacent to an activating group) is 1. The number of aliphatic hydroxyl groups is 1. The van der Waals surface area contributed by atoms with Gasteiger partial charge >= 0.3 is 0 Å². The standard InChI is InChI=1S/C16H26N2O/c1-12(2)18(10-13(3)19)11-14-5-6-16-15(9-14)7-8-17(16)4/h5-6,9,12-13,19H,7-8,10-11H2,1-4H3. The molecular formula is C16H26N2O. The molecule has 1 aliphatic heterocycles. The zero-order chi connectivity index (χ0) is 14.0. The highest BCUT2D eigenvalue weighted by atomic mass is 16.3. The Morgan fingerprint density at radius 2 is 2.05 bits per heavy atom. The van der Waals surface area contributed by atoms with E-state index in [1.165, 1.54) is 16.8 Å². The minimum atomic E-state index is -0.275. The number of nitrogens with zero attached hydrogens (tertiary/aromatic N) is 2. The minimum Gasteiger partial charge on any atom is -0.392 e. The van der Waals surface area contributed by atoms with Gasteiger partial charge in [0.05, 0.1) is 6.10 Å². The molecule has 1 N–H and O–H groups in total. The fraction of sp³-hybridized carbons (Fsp3) is 0.625. The van der Waals surface area contributed by atoms with Crippen LogP contribution in [0.3, 0.4) is 0 Å². The lowest BCUT2D eigenvalue weighted by Gasteiger charge is -2.28. The summed E-state index contributed by atoms with van der Waals surface area (Å²) < 4.78 is 0. The molecule has 0 saturated carbocycles. The summed E-state index contributed by atoms with van der Waals surface area (Å²) in [5, 5.41) is 9.59. The second kappa shape index (κ2) is 5.93. The maximum Gasteiger partial charge on any atom is 0.0639 e. The molecule has 0 amide bonds. The molecule has 0 fully saturated rings. The quantitative estimate of drug-likeness (QED) is 0.882. The molecule has 0 saturated heterocycles. The highest BCUT2D eigenvalue weighted by molar-refractivity contribution is 5.58. The fourth-order valence-corrected chi connectivity index (χ4v) is 2.75. The lowest BCUT2D eigenvalue weighted by atomic mass is 10.1. The Bertz CT molecular complexity index is 429. The van der Waals surface area contributed by atoms with E-state index in [0.717, 1.165) is 26.1 Å². The van der Waals surface area contributed by atoms with Crippen LogP contribution in [0.25, 0.3) is 0 Å². The summed E-state index contributed by atoms with van der Waals surface area (Å²) >= 11 is 0. The Morgan fingerprint density at radius 1 is 1.32 bits per heavy atom. The molecule has 1 heterocycles. The predicted octanol–water partition coefficient (Wildman–Crippen LogP) is 2.27. The van der Waals surface area contributed by atoms with Crippen molar-refractivity contribution in [2.24, 2.45) is 0 Å². The molecular weight excluding hydrogens is 236 g/mol. The third-order valence-electron chi connectivity index (χ3n) is 3.89. The summed E-state index contributed by atoms with van der Waals surface area (Å²) in [4.78, 5) is 4.64. The molecule has 0 spiro atoms. The van der Waals surface area contributed by atoms with Crippen LogP contribution in [0.2, 0.25) is 0 Å². The molecule has 1 aromatic rings. The van der Waals surface area contributed by atoms with E-state index in [1.54, 1.807) is 0 Å². The smallest absolute Gasteiger partial charge is 0.0639 e. The van der Waals surface area contributed by atoms with Crippen LogP contribution in [0.4, 0.5) is 5.69 Å². The van der Waals surface area contributed by atoms with Gasteiger partial charge in [-0.05, 0) is 44.4 Å². The summed E-state index contributed by atoms with van der Waals surface area (Å²) in [6.45, 7) is 8.99. The van der Waals surface area contributed by atoms with Crippen molar-refractivity contribution in [1.29, 1.82) is 0 Å². The van der Waals surface area contributed by atoms with Crippen LogP contribution in [0, 0.1) is 0 Å². The molecule has 0 aliphatic carbocycles. The summed E-state index contributed by atoms with van der Waals surface area (Å²) in [5.41, 5.74) is 4.18. The van der Waals surface area contributed by atoms with Gasteiger partial charge in [-0.15, -0.1) is 0 Å². The molecule has 3 nitrogen and oxygen atoms in total. The molecule has 0 bridgehead atoms. The molecule has 106 valence electrons. The highest BCUT2D eigenvalue weighted by Gasteiger charge is 2.17. The Balaban J connectivity index is 2.10. The van der Waals surface area contributed by atoms with Crippen molar-refractivity contribution in [2.45, 2.75) is 45.9 Å². The first-order valence-electron chi connectivity index (χ1n) is 7.22. The van der Waals surface area contributed by atoms with E-state index in [1.807, 2.05) is 6.92 Å². The number of fused-ring (bicyclic) bond motifs is 1. The normalized spacial score (nSPS) is 16.3. The number of rotatable bonds is 5. The molecule has 1 aliphatic rings. The molecule has 0 radical (unpaired) electrons. The average Bonchev–Trinajstić information content (AvgIpc) is 2.69. The van der Waals surface area contributed by atoms with Crippen molar-refractivity contribution >= 4 is 5.69 Å². The van der Waals surface area contributed by atoms with E-state index in [-0.39, 0.29) is 6.10 Å². The van der Waals surface area contributed by atoms with E-state index < -0.39 is 0 Å². The van der Waals surface area contributed by atoms with E-state index in [9.17, 15) is 5.11 Å². The van der Waals surface area contributed by atoms with E-state index >= 15 is 0 Å². The van der Waals surface area contributed by atoms with Gasteiger partial charge in [0, 0.05) is 38.4 Å². The third-order valence-corrected chi connectivity index (χ3v) is 3.89. The van der Waals surface area contributed by atoms with Gasteiger partial charge in [-0.1, -0.05) is 12.1 Å². The van der Waals surface area contributed by atoms with Crippen molar-refractivity contribution in [1.82, 2.24) is 4.90 Å². The SMILES string of the molecule is CC(O)CN(Cc1ccc2c(c1)CCN2C)C(C)C. The average molecular weight is 262 g/mol. The van der Waals surface area contributed by atoms with Crippen LogP contribution >= 0.6 is 0 Å². The Morgan fingerprint density at radius 3 is 2.68 bits per heavy atom. The van der Waals surface area contributed by atoms with Gasteiger partial charge in [0.1, 0.15) is 0 Å². The second-order valence-electron chi connectivity index (χ2n) is 6.01. The third kappa shape index (κ3) is 3.48. The Labute approximate surface area is 116 Å². The lowest BCUT2D eigenvalue weighted by molar-refractivity contribution is 0.103. The number of aliphatic hydroxyl groups excluding tert-OH is 1. The molecule has 19 heavy (non-hydrogen) atoms. The lowest BCUT2D eigenvalue weighted by Crippen LogP contribution is -2.36. The van der Waals surface area contributed by atoms with Crippen LogP contribution in [-0.2, 0) is 13.0 Å². The van der Waals surface area contributed by atoms with E-state index in [4.69, 9.17) is 0 Å². The molecule has 2 rings (SSSR count). The zero-order valence-corrected chi connectivity index (χ0v) is 12.6. The molecule has 1 unspecified atom stereocenters. The molecule has 1 aromatic carbocycles. The topological polar surface area (TPSA) is 26.7 Å². The summed E-state index contributed by atoms with van der Waals surface area (Å²) in [7, 11) is 2.15. The van der Waals surface area contributed by atoms with Crippen LogP contribution in [0.1, 0.15) is 31.9 Å². The first-order valence-corrected chi connectivity index (χ1v) is 7.22. The van der Waals surface area contributed by atoms with Gasteiger partial charge < -0.3 is 10.0 Å².